The second-order valence-electron chi connectivity index (χ2n) is 3.36. The SMILES string of the molecule is [N-]=[N+]=NCc1ccccc1C(=O)C(C=S)C(=O)O. The van der Waals surface area contributed by atoms with Gasteiger partial charge in [-0.15, -0.1) is 0 Å². The van der Waals surface area contributed by atoms with Crippen LogP contribution in [0.4, 0.5) is 0 Å². The number of azide groups is 1. The molecule has 0 heterocycles. The van der Waals surface area contributed by atoms with E-state index in [1.165, 1.54) is 6.07 Å². The minimum atomic E-state index is -1.37. The van der Waals surface area contributed by atoms with Gasteiger partial charge in [-0.1, -0.05) is 41.6 Å². The van der Waals surface area contributed by atoms with Gasteiger partial charge in [0.2, 0.25) is 0 Å². The smallest absolute Gasteiger partial charge is 0.319 e. The molecule has 1 aromatic carbocycles. The van der Waals surface area contributed by atoms with Crippen LogP contribution in [-0.4, -0.2) is 22.2 Å². The van der Waals surface area contributed by atoms with E-state index in [0.717, 1.165) is 5.37 Å². The van der Waals surface area contributed by atoms with E-state index < -0.39 is 17.7 Å². The fraction of sp³-hybridized carbons (Fsp3) is 0.182. The number of benzene rings is 1. The van der Waals surface area contributed by atoms with E-state index in [1.807, 2.05) is 0 Å². The molecule has 0 saturated carbocycles. The number of rotatable bonds is 6. The molecule has 0 saturated heterocycles. The van der Waals surface area contributed by atoms with Crippen molar-refractivity contribution in [3.63, 3.8) is 0 Å². The van der Waals surface area contributed by atoms with Crippen molar-refractivity contribution in [2.75, 3.05) is 0 Å². The van der Waals surface area contributed by atoms with Crippen molar-refractivity contribution >= 4 is 29.3 Å². The van der Waals surface area contributed by atoms with E-state index in [1.54, 1.807) is 18.2 Å². The van der Waals surface area contributed by atoms with Crippen molar-refractivity contribution in [2.45, 2.75) is 6.54 Å². The number of nitrogens with zero attached hydrogens (tertiary/aromatic N) is 3. The number of Topliss-reactive ketones (excluding diaryl/α,β-unsaturated/α-hetero) is 1. The van der Waals surface area contributed by atoms with Crippen LogP contribution in [0.2, 0.25) is 0 Å². The summed E-state index contributed by atoms with van der Waals surface area (Å²) >= 11 is 4.55. The lowest BCUT2D eigenvalue weighted by atomic mass is 9.95. The largest absolute Gasteiger partial charge is 0.480 e. The van der Waals surface area contributed by atoms with E-state index >= 15 is 0 Å². The summed E-state index contributed by atoms with van der Waals surface area (Å²) in [6.45, 7) is -0.0117. The first kappa shape index (κ1) is 13.8. The number of ketones is 1. The third-order valence-electron chi connectivity index (χ3n) is 2.27. The predicted octanol–water partition coefficient (Wildman–Crippen LogP) is 2.38. The quantitative estimate of drug-likeness (QED) is 0.212. The molecule has 0 fully saturated rings. The van der Waals surface area contributed by atoms with Gasteiger partial charge in [-0.3, -0.25) is 9.59 Å². The van der Waals surface area contributed by atoms with E-state index in [-0.39, 0.29) is 12.1 Å². The molecule has 1 unspecified atom stereocenters. The second kappa shape index (κ2) is 6.48. The van der Waals surface area contributed by atoms with E-state index in [2.05, 4.69) is 22.2 Å². The van der Waals surface area contributed by atoms with Crippen LogP contribution in [0.5, 0.6) is 0 Å². The standard InChI is InChI=1S/C11H9N3O3S/c12-14-13-5-7-3-1-2-4-8(7)10(15)9(6-18)11(16)17/h1-4,6,9H,5H2,(H,16,17). The first-order valence-electron chi connectivity index (χ1n) is 4.93. The summed E-state index contributed by atoms with van der Waals surface area (Å²) in [6, 6.07) is 6.37. The Morgan fingerprint density at radius 2 is 2.17 bits per heavy atom. The van der Waals surface area contributed by atoms with Crippen LogP contribution in [0.3, 0.4) is 0 Å². The van der Waals surface area contributed by atoms with Gasteiger partial charge in [-0.05, 0) is 11.1 Å². The predicted molar refractivity (Wildman–Crippen MR) is 68.4 cm³/mol. The van der Waals surface area contributed by atoms with Crippen molar-refractivity contribution in [1.29, 1.82) is 0 Å². The summed E-state index contributed by atoms with van der Waals surface area (Å²) in [5.74, 6) is -3.28. The lowest BCUT2D eigenvalue weighted by Gasteiger charge is -2.09. The van der Waals surface area contributed by atoms with Gasteiger partial charge < -0.3 is 5.11 Å². The highest BCUT2D eigenvalue weighted by Gasteiger charge is 2.26. The lowest BCUT2D eigenvalue weighted by Crippen LogP contribution is -2.25. The second-order valence-corrected chi connectivity index (χ2v) is 3.63. The van der Waals surface area contributed by atoms with Crippen LogP contribution in [0.25, 0.3) is 10.4 Å². The number of hydrogen-bond acceptors (Lipinski definition) is 4. The van der Waals surface area contributed by atoms with Gasteiger partial charge in [-0.2, -0.15) is 0 Å². The zero-order chi connectivity index (χ0) is 13.5. The Morgan fingerprint density at radius 3 is 2.72 bits per heavy atom. The Morgan fingerprint density at radius 1 is 1.50 bits per heavy atom. The Hall–Kier alpha value is -2.24. The lowest BCUT2D eigenvalue weighted by molar-refractivity contribution is -0.137. The third kappa shape index (κ3) is 3.13. The Balaban J connectivity index is 3.15. The molecule has 0 amide bonds. The Labute approximate surface area is 108 Å². The third-order valence-corrected chi connectivity index (χ3v) is 2.54. The fourth-order valence-electron chi connectivity index (χ4n) is 1.41. The molecular formula is C11H9N3O3S. The highest BCUT2D eigenvalue weighted by Crippen LogP contribution is 2.15. The van der Waals surface area contributed by atoms with Crippen LogP contribution in [-0.2, 0) is 11.3 Å². The maximum atomic E-state index is 12.0. The van der Waals surface area contributed by atoms with Crippen molar-refractivity contribution in [1.82, 2.24) is 0 Å². The molecule has 1 N–H and O–H groups in total. The van der Waals surface area contributed by atoms with E-state index in [4.69, 9.17) is 10.6 Å². The van der Waals surface area contributed by atoms with Crippen molar-refractivity contribution < 1.29 is 14.7 Å². The van der Waals surface area contributed by atoms with Crippen molar-refractivity contribution in [3.05, 3.63) is 45.8 Å². The minimum Gasteiger partial charge on any atom is -0.480 e. The maximum Gasteiger partial charge on any atom is 0.319 e. The van der Waals surface area contributed by atoms with E-state index in [0.29, 0.717) is 5.56 Å². The number of carbonyl (C=O) groups excluding carboxylic acids is 1. The maximum absolute atomic E-state index is 12.0. The summed E-state index contributed by atoms with van der Waals surface area (Å²) in [4.78, 5) is 25.5. The molecule has 0 bridgehead atoms. The summed E-state index contributed by atoms with van der Waals surface area (Å²) < 4.78 is 0. The monoisotopic (exact) mass is 263 g/mol. The molecule has 0 aromatic heterocycles. The van der Waals surface area contributed by atoms with Gasteiger partial charge in [0.25, 0.3) is 0 Å². The van der Waals surface area contributed by atoms with Gasteiger partial charge in [-0.25, -0.2) is 0 Å². The molecule has 1 atom stereocenters. The minimum absolute atomic E-state index is 0.0117. The number of carboxylic acids is 1. The average molecular weight is 263 g/mol. The number of hydrogen-bond donors (Lipinski definition) is 1. The molecule has 0 aliphatic carbocycles. The summed E-state index contributed by atoms with van der Waals surface area (Å²) in [5.41, 5.74) is 8.94. The molecule has 92 valence electrons. The number of thiocarbonyl (C=S) groups is 1. The number of aliphatic carboxylic acids is 1. The molecule has 0 radical (unpaired) electrons. The highest BCUT2D eigenvalue weighted by atomic mass is 32.1. The van der Waals surface area contributed by atoms with Crippen LogP contribution in [0, 0.1) is 5.92 Å². The summed E-state index contributed by atoms with van der Waals surface area (Å²) in [7, 11) is 0. The average Bonchev–Trinajstić information content (AvgIpc) is 2.37. The van der Waals surface area contributed by atoms with Gasteiger partial charge in [0.15, 0.2) is 5.78 Å². The Bertz CT molecular complexity index is 538. The molecule has 0 spiro atoms. The fourth-order valence-corrected chi connectivity index (χ4v) is 1.65. The van der Waals surface area contributed by atoms with Crippen molar-refractivity contribution in [2.24, 2.45) is 11.0 Å². The van der Waals surface area contributed by atoms with Crippen molar-refractivity contribution in [3.8, 4) is 0 Å². The number of carbonyl (C=O) groups is 2. The van der Waals surface area contributed by atoms with Crippen LogP contribution >= 0.6 is 12.2 Å². The van der Waals surface area contributed by atoms with Gasteiger partial charge in [0, 0.05) is 15.8 Å². The van der Waals surface area contributed by atoms with E-state index in [9.17, 15) is 9.59 Å². The highest BCUT2D eigenvalue weighted by molar-refractivity contribution is 7.79. The van der Waals surface area contributed by atoms with Gasteiger partial charge >= 0.3 is 5.97 Å². The molecule has 0 aliphatic rings. The number of carboxylic acid groups (broad SMARTS) is 1. The summed E-state index contributed by atoms with van der Waals surface area (Å²) in [5, 5.41) is 13.1. The molecule has 1 aromatic rings. The zero-order valence-corrected chi connectivity index (χ0v) is 10.0. The van der Waals surface area contributed by atoms with Crippen LogP contribution < -0.4 is 0 Å². The molecule has 6 nitrogen and oxygen atoms in total. The van der Waals surface area contributed by atoms with Crippen LogP contribution in [0.1, 0.15) is 15.9 Å². The normalized spacial score (nSPS) is 11.1. The van der Waals surface area contributed by atoms with Gasteiger partial charge in [0.1, 0.15) is 5.92 Å². The Kier molecular flexibility index (Phi) is 4.98. The summed E-state index contributed by atoms with van der Waals surface area (Å²) in [6.07, 6.45) is 0. The molecule has 1 rings (SSSR count). The first-order chi connectivity index (χ1) is 8.61. The zero-order valence-electron chi connectivity index (χ0n) is 9.18. The topological polar surface area (TPSA) is 103 Å². The molecule has 0 aliphatic heterocycles. The molecule has 18 heavy (non-hydrogen) atoms. The molecular weight excluding hydrogens is 254 g/mol. The van der Waals surface area contributed by atoms with Gasteiger partial charge in [0.05, 0.1) is 6.54 Å². The van der Waals surface area contributed by atoms with Crippen LogP contribution in [0.15, 0.2) is 29.4 Å². The molecule has 7 heteroatoms. The first-order valence-corrected chi connectivity index (χ1v) is 5.40.